The average Bonchev–Trinajstić information content (AvgIpc) is 2.83. The highest BCUT2D eigenvalue weighted by molar-refractivity contribution is 7.88. The van der Waals surface area contributed by atoms with Gasteiger partial charge in [0.25, 0.3) is 0 Å². The first kappa shape index (κ1) is 14.1. The Bertz CT molecular complexity index is 768. The van der Waals surface area contributed by atoms with Gasteiger partial charge < -0.3 is 10.3 Å². The van der Waals surface area contributed by atoms with Crippen LogP contribution in [0.2, 0.25) is 0 Å². The van der Waals surface area contributed by atoms with Crippen molar-refractivity contribution in [2.24, 2.45) is 0 Å². The van der Waals surface area contributed by atoms with E-state index >= 15 is 0 Å². The molecule has 1 aromatic heterocycles. The minimum atomic E-state index is -3.43. The third kappa shape index (κ3) is 2.79. The summed E-state index contributed by atoms with van der Waals surface area (Å²) in [6.45, 7) is 2.53. The Kier molecular flexibility index (Phi) is 3.46. The number of fused-ring (bicyclic) bond motifs is 1. The fourth-order valence-electron chi connectivity index (χ4n) is 2.58. The maximum Gasteiger partial charge on any atom is 0.220 e. The van der Waals surface area contributed by atoms with Crippen molar-refractivity contribution < 1.29 is 12.9 Å². The quantitative estimate of drug-likeness (QED) is 0.867. The monoisotopic (exact) mass is 307 g/mol. The Morgan fingerprint density at radius 2 is 2.24 bits per heavy atom. The Morgan fingerprint density at radius 3 is 2.95 bits per heavy atom. The number of hydrogen-bond donors (Lipinski definition) is 1. The van der Waals surface area contributed by atoms with Crippen molar-refractivity contribution in [2.75, 3.05) is 12.3 Å². The molecule has 1 aromatic carbocycles. The van der Waals surface area contributed by atoms with E-state index in [0.717, 1.165) is 11.1 Å². The third-order valence-electron chi connectivity index (χ3n) is 3.67. The van der Waals surface area contributed by atoms with Crippen LogP contribution in [0.1, 0.15) is 22.6 Å². The zero-order valence-corrected chi connectivity index (χ0v) is 12.6. The van der Waals surface area contributed by atoms with E-state index < -0.39 is 10.0 Å². The summed E-state index contributed by atoms with van der Waals surface area (Å²) in [5.41, 5.74) is 9.06. The summed E-state index contributed by atoms with van der Waals surface area (Å²) < 4.78 is 31.4. The van der Waals surface area contributed by atoms with Gasteiger partial charge in [0.15, 0.2) is 0 Å². The second-order valence-electron chi connectivity index (χ2n) is 5.25. The van der Waals surface area contributed by atoms with Crippen LogP contribution in [0.4, 0.5) is 5.69 Å². The Hall–Kier alpha value is -1.86. The van der Waals surface area contributed by atoms with E-state index in [0.29, 0.717) is 36.7 Å². The summed E-state index contributed by atoms with van der Waals surface area (Å²) in [6, 6.07) is 7.34. The van der Waals surface area contributed by atoms with Gasteiger partial charge in [-0.05, 0) is 30.5 Å². The minimum absolute atomic E-state index is 0.146. The zero-order valence-electron chi connectivity index (χ0n) is 11.7. The Morgan fingerprint density at radius 1 is 1.43 bits per heavy atom. The van der Waals surface area contributed by atoms with Crippen molar-refractivity contribution in [3.05, 3.63) is 46.8 Å². The first-order valence-corrected chi connectivity index (χ1v) is 8.33. The fourth-order valence-corrected chi connectivity index (χ4v) is 3.97. The van der Waals surface area contributed by atoms with E-state index in [4.69, 9.17) is 10.3 Å². The highest BCUT2D eigenvalue weighted by Gasteiger charge is 2.28. The maximum absolute atomic E-state index is 12.5. The van der Waals surface area contributed by atoms with Gasteiger partial charge in [-0.3, -0.25) is 0 Å². The summed E-state index contributed by atoms with van der Waals surface area (Å²) in [4.78, 5) is 0. The smallest absolute Gasteiger partial charge is 0.220 e. The van der Waals surface area contributed by atoms with Crippen LogP contribution in [0, 0.1) is 6.92 Å². The molecule has 1 aliphatic rings. The van der Waals surface area contributed by atoms with Crippen molar-refractivity contribution in [1.82, 2.24) is 9.46 Å². The van der Waals surface area contributed by atoms with Crippen LogP contribution in [0.5, 0.6) is 0 Å². The number of sulfonamides is 1. The van der Waals surface area contributed by atoms with Crippen LogP contribution < -0.4 is 5.73 Å². The van der Waals surface area contributed by atoms with E-state index in [-0.39, 0.29) is 5.75 Å². The van der Waals surface area contributed by atoms with Gasteiger partial charge in [0.05, 0.1) is 0 Å². The number of nitrogens with two attached hydrogens (primary N) is 1. The van der Waals surface area contributed by atoms with Gasteiger partial charge >= 0.3 is 0 Å². The standard InChI is InChI=1S/C14H17N3O3S/c1-10-7-12(16-20-10)9-21(18,19)17-6-5-11-3-2-4-14(15)13(11)8-17/h2-4,7H,5-6,8-9,15H2,1H3. The number of anilines is 1. The van der Waals surface area contributed by atoms with Gasteiger partial charge in [-0.1, -0.05) is 17.3 Å². The average molecular weight is 307 g/mol. The summed E-state index contributed by atoms with van der Waals surface area (Å²) in [5, 5.41) is 3.75. The van der Waals surface area contributed by atoms with Gasteiger partial charge in [0, 0.05) is 24.8 Å². The number of nitrogen functional groups attached to an aromatic ring is 1. The summed E-state index contributed by atoms with van der Waals surface area (Å²) in [6.07, 6.45) is 0.678. The van der Waals surface area contributed by atoms with Gasteiger partial charge in [-0.15, -0.1) is 0 Å². The lowest BCUT2D eigenvalue weighted by molar-refractivity contribution is 0.382. The SMILES string of the molecule is Cc1cc(CS(=O)(=O)N2CCc3cccc(N)c3C2)no1. The molecular formula is C14H17N3O3S. The minimum Gasteiger partial charge on any atom is -0.398 e. The van der Waals surface area contributed by atoms with Gasteiger partial charge in [-0.25, -0.2) is 8.42 Å². The summed E-state index contributed by atoms with van der Waals surface area (Å²) in [5.74, 6) is 0.459. The molecule has 0 atom stereocenters. The van der Waals surface area contributed by atoms with E-state index in [2.05, 4.69) is 5.16 Å². The molecule has 0 bridgehead atoms. The molecule has 0 amide bonds. The highest BCUT2D eigenvalue weighted by Crippen LogP contribution is 2.26. The number of hydrogen-bond acceptors (Lipinski definition) is 5. The lowest BCUT2D eigenvalue weighted by Gasteiger charge is -2.28. The van der Waals surface area contributed by atoms with Crippen molar-refractivity contribution in [1.29, 1.82) is 0 Å². The van der Waals surface area contributed by atoms with Crippen LogP contribution in [-0.2, 0) is 28.7 Å². The fraction of sp³-hybridized carbons (Fsp3) is 0.357. The lowest BCUT2D eigenvalue weighted by atomic mass is 10.00. The predicted octanol–water partition coefficient (Wildman–Crippen LogP) is 1.45. The summed E-state index contributed by atoms with van der Waals surface area (Å²) >= 11 is 0. The maximum atomic E-state index is 12.5. The molecular weight excluding hydrogens is 290 g/mol. The first-order chi connectivity index (χ1) is 9.95. The van der Waals surface area contributed by atoms with E-state index in [9.17, 15) is 8.42 Å². The topological polar surface area (TPSA) is 89.4 Å². The van der Waals surface area contributed by atoms with Crippen molar-refractivity contribution in [3.63, 3.8) is 0 Å². The van der Waals surface area contributed by atoms with Crippen LogP contribution in [0.15, 0.2) is 28.8 Å². The molecule has 1 aliphatic heterocycles. The third-order valence-corrected chi connectivity index (χ3v) is 5.43. The molecule has 0 spiro atoms. The molecule has 7 heteroatoms. The Balaban J connectivity index is 1.83. The molecule has 0 fully saturated rings. The molecule has 21 heavy (non-hydrogen) atoms. The number of aryl methyl sites for hydroxylation is 1. The molecule has 0 saturated carbocycles. The second kappa shape index (κ2) is 5.16. The molecule has 2 N–H and O–H groups in total. The molecule has 0 aliphatic carbocycles. The zero-order chi connectivity index (χ0) is 15.0. The number of benzene rings is 1. The van der Waals surface area contributed by atoms with Crippen LogP contribution in [0.25, 0.3) is 0 Å². The highest BCUT2D eigenvalue weighted by atomic mass is 32.2. The molecule has 6 nitrogen and oxygen atoms in total. The van der Waals surface area contributed by atoms with Crippen molar-refractivity contribution in [3.8, 4) is 0 Å². The number of rotatable bonds is 3. The molecule has 2 aromatic rings. The molecule has 2 heterocycles. The van der Waals surface area contributed by atoms with Crippen molar-refractivity contribution >= 4 is 15.7 Å². The molecule has 0 unspecified atom stereocenters. The van der Waals surface area contributed by atoms with Crippen LogP contribution >= 0.6 is 0 Å². The van der Waals surface area contributed by atoms with Gasteiger partial charge in [-0.2, -0.15) is 4.31 Å². The lowest BCUT2D eigenvalue weighted by Crippen LogP contribution is -2.37. The predicted molar refractivity (Wildman–Crippen MR) is 78.8 cm³/mol. The molecule has 0 saturated heterocycles. The van der Waals surface area contributed by atoms with Crippen LogP contribution in [0.3, 0.4) is 0 Å². The van der Waals surface area contributed by atoms with Crippen LogP contribution in [-0.4, -0.2) is 24.4 Å². The van der Waals surface area contributed by atoms with E-state index in [1.54, 1.807) is 19.1 Å². The largest absolute Gasteiger partial charge is 0.398 e. The number of nitrogens with zero attached hydrogens (tertiary/aromatic N) is 2. The van der Waals surface area contributed by atoms with Crippen molar-refractivity contribution in [2.45, 2.75) is 25.6 Å². The van der Waals surface area contributed by atoms with E-state index in [1.807, 2.05) is 12.1 Å². The first-order valence-electron chi connectivity index (χ1n) is 6.72. The Labute approximate surface area is 123 Å². The molecule has 112 valence electrons. The number of aromatic nitrogens is 1. The van der Waals surface area contributed by atoms with E-state index in [1.165, 1.54) is 4.31 Å². The normalized spacial score (nSPS) is 15.9. The summed E-state index contributed by atoms with van der Waals surface area (Å²) in [7, 11) is -3.43. The van der Waals surface area contributed by atoms with Gasteiger partial charge in [0.1, 0.15) is 17.2 Å². The molecule has 0 radical (unpaired) electrons. The second-order valence-corrected chi connectivity index (χ2v) is 7.22. The van der Waals surface area contributed by atoms with Gasteiger partial charge in [0.2, 0.25) is 10.0 Å². The molecule has 3 rings (SSSR count).